The molecule has 0 aromatic rings. The van der Waals surface area contributed by atoms with Gasteiger partial charge in [-0.25, -0.2) is 0 Å². The van der Waals surface area contributed by atoms with Gasteiger partial charge in [0.15, 0.2) is 0 Å². The number of rotatable bonds is 5. The molecule has 1 rings (SSSR count). The van der Waals surface area contributed by atoms with Crippen LogP contribution in [0.3, 0.4) is 0 Å². The van der Waals surface area contributed by atoms with Crippen LogP contribution in [0.2, 0.25) is 0 Å². The molecule has 0 aromatic carbocycles. The van der Waals surface area contributed by atoms with Crippen molar-refractivity contribution in [2.24, 2.45) is 5.92 Å². The highest BCUT2D eigenvalue weighted by Crippen LogP contribution is 2.16. The van der Waals surface area contributed by atoms with Crippen molar-refractivity contribution in [3.63, 3.8) is 0 Å². The maximum Gasteiger partial charge on any atom is 0.0547 e. The van der Waals surface area contributed by atoms with Gasteiger partial charge >= 0.3 is 0 Å². The van der Waals surface area contributed by atoms with Crippen LogP contribution in [0.4, 0.5) is 0 Å². The molecule has 1 saturated heterocycles. The third-order valence-corrected chi connectivity index (χ3v) is 3.24. The largest absolute Gasteiger partial charge is 0.395 e. The predicted octanol–water partition coefficient (Wildman–Crippen LogP) is 0.710. The van der Waals surface area contributed by atoms with Crippen molar-refractivity contribution in [2.75, 3.05) is 25.4 Å². The third-order valence-electron chi connectivity index (χ3n) is 2.05. The smallest absolute Gasteiger partial charge is 0.0547 e. The lowest BCUT2D eigenvalue weighted by Gasteiger charge is -2.27. The first-order valence-electron chi connectivity index (χ1n) is 4.26. The molecular weight excluding hydrogens is 158 g/mol. The van der Waals surface area contributed by atoms with E-state index in [-0.39, 0.29) is 0 Å². The fourth-order valence-electron chi connectivity index (χ4n) is 1.04. The average Bonchev–Trinajstić information content (AvgIpc) is 1.94. The summed E-state index contributed by atoms with van der Waals surface area (Å²) in [7, 11) is 0. The Morgan fingerprint density at radius 3 is 2.82 bits per heavy atom. The van der Waals surface area contributed by atoms with Gasteiger partial charge in [-0.05, 0) is 31.2 Å². The highest BCUT2D eigenvalue weighted by Gasteiger charge is 2.15. The van der Waals surface area contributed by atoms with Gasteiger partial charge in [0.1, 0.15) is 0 Å². The summed E-state index contributed by atoms with van der Waals surface area (Å²) in [4.78, 5) is 0. The van der Waals surface area contributed by atoms with Crippen LogP contribution in [0.25, 0.3) is 0 Å². The van der Waals surface area contributed by atoms with E-state index < -0.39 is 0 Å². The third kappa shape index (κ3) is 3.45. The van der Waals surface area contributed by atoms with Crippen LogP contribution >= 0.6 is 11.8 Å². The molecule has 1 unspecified atom stereocenters. The van der Waals surface area contributed by atoms with Crippen molar-refractivity contribution >= 4 is 11.8 Å². The summed E-state index contributed by atoms with van der Waals surface area (Å²) in [5, 5.41) is 12.4. The zero-order valence-corrected chi connectivity index (χ0v) is 7.86. The lowest BCUT2D eigenvalue weighted by atomic mass is 10.0. The number of hydrogen-bond donors (Lipinski definition) is 2. The standard InChI is InChI=1S/C8H17NOS/c1-7(6-10)11-3-2-8-4-9-5-8/h7-10H,2-6H2,1H3. The van der Waals surface area contributed by atoms with Crippen molar-refractivity contribution in [1.82, 2.24) is 5.32 Å². The Kier molecular flexibility index (Phi) is 4.26. The molecule has 0 saturated carbocycles. The van der Waals surface area contributed by atoms with Gasteiger partial charge in [0, 0.05) is 5.25 Å². The summed E-state index contributed by atoms with van der Waals surface area (Å²) in [6.45, 7) is 4.79. The van der Waals surface area contributed by atoms with Crippen LogP contribution in [0.15, 0.2) is 0 Å². The molecule has 0 aromatic heterocycles. The Labute approximate surface area is 72.8 Å². The van der Waals surface area contributed by atoms with Gasteiger partial charge in [-0.3, -0.25) is 0 Å². The van der Waals surface area contributed by atoms with Crippen LogP contribution in [0.1, 0.15) is 13.3 Å². The van der Waals surface area contributed by atoms with Crippen molar-refractivity contribution in [3.05, 3.63) is 0 Å². The normalized spacial score (nSPS) is 21.3. The van der Waals surface area contributed by atoms with Crippen LogP contribution in [0.5, 0.6) is 0 Å². The van der Waals surface area contributed by atoms with Crippen LogP contribution in [0, 0.1) is 5.92 Å². The molecule has 0 radical (unpaired) electrons. The first-order valence-corrected chi connectivity index (χ1v) is 5.31. The van der Waals surface area contributed by atoms with Gasteiger partial charge in [-0.15, -0.1) is 0 Å². The molecule has 1 aliphatic heterocycles. The summed E-state index contributed by atoms with van der Waals surface area (Å²) in [6.07, 6.45) is 1.31. The van der Waals surface area contributed by atoms with E-state index in [2.05, 4.69) is 12.2 Å². The topological polar surface area (TPSA) is 32.3 Å². The van der Waals surface area contributed by atoms with Crippen LogP contribution < -0.4 is 5.32 Å². The Morgan fingerprint density at radius 2 is 2.36 bits per heavy atom. The van der Waals surface area contributed by atoms with E-state index in [1.807, 2.05) is 11.8 Å². The second-order valence-corrected chi connectivity index (χ2v) is 4.72. The zero-order chi connectivity index (χ0) is 8.10. The van der Waals surface area contributed by atoms with E-state index in [0.29, 0.717) is 11.9 Å². The molecule has 1 heterocycles. The molecule has 1 fully saturated rings. The molecule has 0 amide bonds. The minimum Gasteiger partial charge on any atom is -0.395 e. The van der Waals surface area contributed by atoms with Gasteiger partial charge < -0.3 is 10.4 Å². The first-order chi connectivity index (χ1) is 5.33. The minimum absolute atomic E-state index is 0.313. The highest BCUT2D eigenvalue weighted by atomic mass is 32.2. The monoisotopic (exact) mass is 175 g/mol. The SMILES string of the molecule is CC(CO)SCCC1CNC1. The van der Waals surface area contributed by atoms with E-state index in [1.165, 1.54) is 25.3 Å². The molecule has 3 heteroatoms. The van der Waals surface area contributed by atoms with Gasteiger partial charge in [-0.1, -0.05) is 6.92 Å². The van der Waals surface area contributed by atoms with Crippen LogP contribution in [-0.4, -0.2) is 35.8 Å². The molecule has 1 aliphatic rings. The van der Waals surface area contributed by atoms with Crippen molar-refractivity contribution in [1.29, 1.82) is 0 Å². The van der Waals surface area contributed by atoms with Gasteiger partial charge in [0.05, 0.1) is 6.61 Å². The van der Waals surface area contributed by atoms with E-state index >= 15 is 0 Å². The van der Waals surface area contributed by atoms with Crippen molar-refractivity contribution in [3.8, 4) is 0 Å². The molecule has 0 bridgehead atoms. The highest BCUT2D eigenvalue weighted by molar-refractivity contribution is 7.99. The maximum atomic E-state index is 8.74. The van der Waals surface area contributed by atoms with Gasteiger partial charge in [-0.2, -0.15) is 11.8 Å². The average molecular weight is 175 g/mol. The minimum atomic E-state index is 0.313. The first kappa shape index (κ1) is 9.36. The number of nitrogens with one attached hydrogen (secondary N) is 1. The Morgan fingerprint density at radius 1 is 1.64 bits per heavy atom. The molecule has 11 heavy (non-hydrogen) atoms. The number of aliphatic hydroxyl groups excluding tert-OH is 1. The van der Waals surface area contributed by atoms with E-state index in [9.17, 15) is 0 Å². The molecule has 0 spiro atoms. The van der Waals surface area contributed by atoms with Gasteiger partial charge in [0.2, 0.25) is 0 Å². The summed E-state index contributed by atoms with van der Waals surface area (Å²) in [6, 6.07) is 0. The van der Waals surface area contributed by atoms with Crippen molar-refractivity contribution < 1.29 is 5.11 Å². The second-order valence-electron chi connectivity index (χ2n) is 3.18. The zero-order valence-electron chi connectivity index (χ0n) is 7.05. The van der Waals surface area contributed by atoms with Gasteiger partial charge in [0.25, 0.3) is 0 Å². The van der Waals surface area contributed by atoms with Crippen LogP contribution in [-0.2, 0) is 0 Å². The van der Waals surface area contributed by atoms with E-state index in [0.717, 1.165) is 5.92 Å². The molecule has 1 atom stereocenters. The second kappa shape index (κ2) is 5.01. The number of hydrogen-bond acceptors (Lipinski definition) is 3. The summed E-state index contributed by atoms with van der Waals surface area (Å²) in [5.74, 6) is 2.11. The predicted molar refractivity (Wildman–Crippen MR) is 50.0 cm³/mol. The van der Waals surface area contributed by atoms with E-state index in [4.69, 9.17) is 5.11 Å². The molecule has 2 N–H and O–H groups in total. The lowest BCUT2D eigenvalue weighted by molar-refractivity contribution is 0.299. The molecule has 0 aliphatic carbocycles. The fourth-order valence-corrected chi connectivity index (χ4v) is 2.02. The Hall–Kier alpha value is 0.270. The number of thioether (sulfide) groups is 1. The lowest BCUT2D eigenvalue weighted by Crippen LogP contribution is -2.42. The summed E-state index contributed by atoms with van der Waals surface area (Å²) >= 11 is 1.88. The summed E-state index contributed by atoms with van der Waals surface area (Å²) < 4.78 is 0. The molecule has 66 valence electrons. The number of aliphatic hydroxyl groups is 1. The summed E-state index contributed by atoms with van der Waals surface area (Å²) in [5.41, 5.74) is 0. The Balaban J connectivity index is 1.86. The molecule has 2 nitrogen and oxygen atoms in total. The molecular formula is C8H17NOS. The van der Waals surface area contributed by atoms with Crippen molar-refractivity contribution in [2.45, 2.75) is 18.6 Å². The quantitative estimate of drug-likeness (QED) is 0.645. The Bertz CT molecular complexity index is 102. The van der Waals surface area contributed by atoms with E-state index in [1.54, 1.807) is 0 Å². The fraction of sp³-hybridized carbons (Fsp3) is 1.00. The maximum absolute atomic E-state index is 8.74.